The van der Waals surface area contributed by atoms with Gasteiger partial charge in [0.15, 0.2) is 5.82 Å². The predicted molar refractivity (Wildman–Crippen MR) is 137 cm³/mol. The molecule has 0 aliphatic heterocycles. The Labute approximate surface area is 211 Å². The third kappa shape index (κ3) is 4.95. The van der Waals surface area contributed by atoms with Crippen LogP contribution in [0, 0.1) is 0 Å². The number of aliphatic hydroxyl groups is 1. The summed E-state index contributed by atoms with van der Waals surface area (Å²) in [5.74, 6) is 1.27. The van der Waals surface area contributed by atoms with Crippen molar-refractivity contribution in [3.8, 4) is 11.5 Å². The van der Waals surface area contributed by atoms with Crippen LogP contribution in [-0.2, 0) is 11.3 Å². The van der Waals surface area contributed by atoms with Crippen LogP contribution >= 0.6 is 11.6 Å². The summed E-state index contributed by atoms with van der Waals surface area (Å²) in [5.41, 5.74) is 1.78. The average molecular weight is 506 g/mol. The number of fused-ring (bicyclic) bond motifs is 2. The Morgan fingerprint density at radius 2 is 2.03 bits per heavy atom. The molecule has 4 heterocycles. The molecule has 4 aromatic heterocycles. The molecular formula is C25H24ClN7O3. The van der Waals surface area contributed by atoms with E-state index in [1.165, 1.54) is 20.2 Å². The van der Waals surface area contributed by atoms with Gasteiger partial charge in [-0.2, -0.15) is 5.10 Å². The number of carbonyl (C=O) groups excluding carboxylic acids is 1. The van der Waals surface area contributed by atoms with Crippen LogP contribution in [0.4, 0.5) is 11.5 Å². The van der Waals surface area contributed by atoms with Crippen LogP contribution in [0.3, 0.4) is 0 Å². The van der Waals surface area contributed by atoms with Crippen molar-refractivity contribution in [3.05, 3.63) is 72.4 Å². The van der Waals surface area contributed by atoms with Crippen LogP contribution in [-0.4, -0.2) is 47.3 Å². The zero-order chi connectivity index (χ0) is 25.3. The van der Waals surface area contributed by atoms with E-state index in [4.69, 9.17) is 16.3 Å². The van der Waals surface area contributed by atoms with E-state index in [2.05, 4.69) is 25.7 Å². The highest BCUT2D eigenvalue weighted by Gasteiger charge is 2.23. The Kier molecular flexibility index (Phi) is 6.21. The van der Waals surface area contributed by atoms with Crippen LogP contribution in [0.1, 0.15) is 13.8 Å². The van der Waals surface area contributed by atoms with E-state index >= 15 is 0 Å². The lowest BCUT2D eigenvalue weighted by Gasteiger charge is -2.17. The number of pyridine rings is 1. The summed E-state index contributed by atoms with van der Waals surface area (Å²) in [6.07, 6.45) is 6.86. The lowest BCUT2D eigenvalue weighted by molar-refractivity contribution is -0.136. The van der Waals surface area contributed by atoms with Gasteiger partial charge in [0.25, 0.3) is 5.91 Å². The monoisotopic (exact) mass is 505 g/mol. The highest BCUT2D eigenvalue weighted by molar-refractivity contribution is 6.32. The molecule has 0 unspecified atom stereocenters. The number of hydrogen-bond acceptors (Lipinski definition) is 7. The molecule has 0 bridgehead atoms. The molecule has 10 nitrogen and oxygen atoms in total. The minimum absolute atomic E-state index is 0.336. The maximum atomic E-state index is 12.0. The fraction of sp³-hybridized carbons (Fsp3) is 0.200. The Bertz CT molecular complexity index is 1550. The number of carbonyl (C=O) groups is 1. The van der Waals surface area contributed by atoms with Crippen molar-refractivity contribution in [3.63, 3.8) is 0 Å². The van der Waals surface area contributed by atoms with Crippen LogP contribution in [0.15, 0.2) is 67.4 Å². The number of nitrogens with one attached hydrogen (secondary N) is 2. The maximum absolute atomic E-state index is 12.0. The molecule has 0 atom stereocenters. The summed E-state index contributed by atoms with van der Waals surface area (Å²) in [7, 11) is 0. The first kappa shape index (κ1) is 23.6. The summed E-state index contributed by atoms with van der Waals surface area (Å²) >= 11 is 6.52. The van der Waals surface area contributed by atoms with Crippen LogP contribution in [0.25, 0.3) is 16.6 Å². The van der Waals surface area contributed by atoms with Crippen LogP contribution < -0.4 is 15.4 Å². The number of rotatable bonds is 8. The molecule has 0 radical (unpaired) electrons. The van der Waals surface area contributed by atoms with Gasteiger partial charge in [-0.15, -0.1) is 0 Å². The van der Waals surface area contributed by atoms with E-state index in [9.17, 15) is 9.90 Å². The first-order chi connectivity index (χ1) is 17.3. The third-order valence-electron chi connectivity index (χ3n) is 5.54. The van der Waals surface area contributed by atoms with Crippen molar-refractivity contribution in [1.29, 1.82) is 0 Å². The van der Waals surface area contributed by atoms with Crippen molar-refractivity contribution in [1.82, 2.24) is 29.5 Å². The minimum atomic E-state index is -1.43. The number of amides is 1. The summed E-state index contributed by atoms with van der Waals surface area (Å²) < 4.78 is 9.62. The molecule has 0 aliphatic rings. The molecule has 1 amide bonds. The lowest BCUT2D eigenvalue weighted by atomic mass is 10.1. The summed E-state index contributed by atoms with van der Waals surface area (Å²) in [6, 6.07) is 12.9. The highest BCUT2D eigenvalue weighted by Crippen LogP contribution is 2.33. The van der Waals surface area contributed by atoms with Gasteiger partial charge in [0.2, 0.25) is 0 Å². The molecule has 0 saturated heterocycles. The van der Waals surface area contributed by atoms with E-state index in [-0.39, 0.29) is 0 Å². The standard InChI is InChI=1S/C25H24ClN7O3/c1-25(2,35)24(34)27-10-12-32-11-8-20-22(32)23(29-15-28-20)31-16-3-6-21(19(26)13-16)36-18-5-4-17-7-9-30-33(17)14-18/h3-9,11,13-15,35H,10,12H2,1-2H3,(H,27,34)(H,28,29,31). The number of ether oxygens (including phenoxy) is 1. The normalized spacial score (nSPS) is 11.7. The fourth-order valence-corrected chi connectivity index (χ4v) is 3.92. The van der Waals surface area contributed by atoms with Gasteiger partial charge in [0.1, 0.15) is 28.9 Å². The van der Waals surface area contributed by atoms with Gasteiger partial charge in [0.05, 0.1) is 22.3 Å². The summed E-state index contributed by atoms with van der Waals surface area (Å²) in [6.45, 7) is 3.70. The van der Waals surface area contributed by atoms with E-state index in [1.54, 1.807) is 29.0 Å². The highest BCUT2D eigenvalue weighted by atomic mass is 35.5. The Morgan fingerprint density at radius 1 is 1.17 bits per heavy atom. The molecule has 3 N–H and O–H groups in total. The second-order valence-electron chi connectivity index (χ2n) is 8.72. The van der Waals surface area contributed by atoms with Gasteiger partial charge in [-0.1, -0.05) is 11.6 Å². The van der Waals surface area contributed by atoms with Crippen molar-refractivity contribution in [2.24, 2.45) is 0 Å². The summed E-state index contributed by atoms with van der Waals surface area (Å²) in [4.78, 5) is 20.7. The molecule has 0 aliphatic carbocycles. The molecule has 184 valence electrons. The average Bonchev–Trinajstić information content (AvgIpc) is 3.47. The van der Waals surface area contributed by atoms with Crippen LogP contribution in [0.2, 0.25) is 5.02 Å². The number of anilines is 2. The van der Waals surface area contributed by atoms with Crippen molar-refractivity contribution < 1.29 is 14.6 Å². The van der Waals surface area contributed by atoms with Crippen LogP contribution in [0.5, 0.6) is 11.5 Å². The number of hydrogen-bond donors (Lipinski definition) is 3. The molecule has 0 fully saturated rings. The molecule has 0 saturated carbocycles. The quantitative estimate of drug-likeness (QED) is 0.290. The number of aromatic nitrogens is 5. The number of benzene rings is 1. The molecule has 5 rings (SSSR count). The van der Waals surface area contributed by atoms with E-state index in [1.807, 2.05) is 41.1 Å². The zero-order valence-corrected chi connectivity index (χ0v) is 20.4. The molecule has 5 aromatic rings. The molecular weight excluding hydrogens is 482 g/mol. The molecule has 11 heteroatoms. The van der Waals surface area contributed by atoms with E-state index < -0.39 is 11.5 Å². The van der Waals surface area contributed by atoms with Gasteiger partial charge in [0, 0.05) is 31.2 Å². The first-order valence-corrected chi connectivity index (χ1v) is 11.6. The zero-order valence-electron chi connectivity index (χ0n) is 19.6. The SMILES string of the molecule is CC(C)(O)C(=O)NCCn1ccc2ncnc(Nc3ccc(Oc4ccc5ccnn5c4)c(Cl)c3)c21. The Balaban J connectivity index is 1.32. The number of halogens is 1. The molecule has 0 spiro atoms. The fourth-order valence-electron chi connectivity index (χ4n) is 3.70. The second kappa shape index (κ2) is 9.48. The Hall–Kier alpha value is -4.15. The topological polar surface area (TPSA) is 119 Å². The van der Waals surface area contributed by atoms with Gasteiger partial charge in [-0.3, -0.25) is 4.79 Å². The summed E-state index contributed by atoms with van der Waals surface area (Å²) in [5, 5.41) is 20.5. The number of nitrogens with zero attached hydrogens (tertiary/aromatic N) is 5. The smallest absolute Gasteiger partial charge is 0.251 e. The first-order valence-electron chi connectivity index (χ1n) is 11.3. The lowest BCUT2D eigenvalue weighted by Crippen LogP contribution is -2.43. The molecule has 1 aromatic carbocycles. The van der Waals surface area contributed by atoms with Crippen molar-refractivity contribution >= 4 is 45.6 Å². The maximum Gasteiger partial charge on any atom is 0.251 e. The third-order valence-corrected chi connectivity index (χ3v) is 5.83. The predicted octanol–water partition coefficient (Wildman–Crippen LogP) is 4.16. The Morgan fingerprint density at radius 3 is 2.83 bits per heavy atom. The second-order valence-corrected chi connectivity index (χ2v) is 9.13. The van der Waals surface area contributed by atoms with Gasteiger partial charge >= 0.3 is 0 Å². The van der Waals surface area contributed by atoms with Gasteiger partial charge < -0.3 is 25.0 Å². The largest absolute Gasteiger partial charge is 0.454 e. The molecule has 36 heavy (non-hydrogen) atoms. The van der Waals surface area contributed by atoms with Gasteiger partial charge in [-0.05, 0) is 56.3 Å². The minimum Gasteiger partial charge on any atom is -0.454 e. The van der Waals surface area contributed by atoms with E-state index in [0.29, 0.717) is 35.4 Å². The van der Waals surface area contributed by atoms with Gasteiger partial charge in [-0.25, -0.2) is 14.5 Å². The van der Waals surface area contributed by atoms with E-state index in [0.717, 1.165) is 22.2 Å². The van der Waals surface area contributed by atoms with Crippen molar-refractivity contribution in [2.75, 3.05) is 11.9 Å². The van der Waals surface area contributed by atoms with Crippen molar-refractivity contribution in [2.45, 2.75) is 26.0 Å².